The fraction of sp³-hybridized carbons (Fsp3) is 0.435. The summed E-state index contributed by atoms with van der Waals surface area (Å²) < 4.78 is 65.4. The third kappa shape index (κ3) is 5.79. The van der Waals surface area contributed by atoms with Crippen LogP contribution in [0.5, 0.6) is 0 Å². The van der Waals surface area contributed by atoms with E-state index in [2.05, 4.69) is 0 Å². The first kappa shape index (κ1) is 24.9. The average molecular weight is 484 g/mol. The van der Waals surface area contributed by atoms with Crippen molar-refractivity contribution in [1.29, 1.82) is 0 Å². The fourth-order valence-corrected chi connectivity index (χ4v) is 5.36. The van der Waals surface area contributed by atoms with Crippen LogP contribution in [-0.4, -0.2) is 57.7 Å². The molecular formula is C23H28F3N3O3S. The van der Waals surface area contributed by atoms with Gasteiger partial charge in [-0.1, -0.05) is 12.1 Å². The zero-order valence-corrected chi connectivity index (χ0v) is 19.9. The summed E-state index contributed by atoms with van der Waals surface area (Å²) in [5.74, 6) is -0.344. The Balaban J connectivity index is 1.75. The molecule has 180 valence electrons. The lowest BCUT2D eigenvalue weighted by Gasteiger charge is -2.39. The summed E-state index contributed by atoms with van der Waals surface area (Å²) in [6.07, 6.45) is -3.35. The number of alkyl halides is 3. The second-order valence-corrected chi connectivity index (χ2v) is 10.3. The van der Waals surface area contributed by atoms with E-state index in [4.69, 9.17) is 0 Å². The number of halogens is 3. The molecule has 0 spiro atoms. The van der Waals surface area contributed by atoms with Crippen LogP contribution < -0.4 is 9.21 Å². The number of aryl methyl sites for hydroxylation is 2. The summed E-state index contributed by atoms with van der Waals surface area (Å²) in [5, 5.41) is 0. The molecule has 1 amide bonds. The number of hydrogen-bond donors (Lipinski definition) is 0. The Morgan fingerprint density at radius 1 is 1.00 bits per heavy atom. The lowest BCUT2D eigenvalue weighted by molar-refractivity contribution is -0.137. The molecule has 2 aromatic carbocycles. The zero-order chi connectivity index (χ0) is 24.6. The van der Waals surface area contributed by atoms with Crippen LogP contribution in [0.1, 0.15) is 23.6 Å². The molecule has 1 atom stereocenters. The Hall–Kier alpha value is -2.75. The summed E-state index contributed by atoms with van der Waals surface area (Å²) >= 11 is 0. The van der Waals surface area contributed by atoms with Gasteiger partial charge in [0.25, 0.3) is 0 Å². The van der Waals surface area contributed by atoms with Gasteiger partial charge < -0.3 is 9.80 Å². The van der Waals surface area contributed by atoms with E-state index in [1.165, 1.54) is 6.07 Å². The van der Waals surface area contributed by atoms with Gasteiger partial charge in [0.1, 0.15) is 6.04 Å². The molecule has 1 saturated heterocycles. The number of anilines is 2. The SMILES string of the molecule is Cc1cc(C)cc(N([C@@H](C)C(=O)N2CCN(c3cccc(C(F)(F)F)c3)CC2)S(C)(=O)=O)c1. The lowest BCUT2D eigenvalue weighted by atomic mass is 10.1. The predicted octanol–water partition coefficient (Wildman–Crippen LogP) is 3.83. The van der Waals surface area contributed by atoms with Crippen LogP contribution in [0.4, 0.5) is 24.5 Å². The monoisotopic (exact) mass is 483 g/mol. The van der Waals surface area contributed by atoms with Crippen molar-refractivity contribution in [3.63, 3.8) is 0 Å². The van der Waals surface area contributed by atoms with Gasteiger partial charge in [0.05, 0.1) is 17.5 Å². The molecule has 0 unspecified atom stereocenters. The van der Waals surface area contributed by atoms with E-state index in [0.717, 1.165) is 33.8 Å². The van der Waals surface area contributed by atoms with E-state index in [1.54, 1.807) is 34.9 Å². The van der Waals surface area contributed by atoms with E-state index in [-0.39, 0.29) is 19.0 Å². The summed E-state index contributed by atoms with van der Waals surface area (Å²) in [4.78, 5) is 16.6. The van der Waals surface area contributed by atoms with E-state index in [0.29, 0.717) is 24.5 Å². The molecule has 6 nitrogen and oxygen atoms in total. The zero-order valence-electron chi connectivity index (χ0n) is 19.1. The third-order valence-electron chi connectivity index (χ3n) is 5.66. The number of sulfonamides is 1. The van der Waals surface area contributed by atoms with Gasteiger partial charge in [0, 0.05) is 31.9 Å². The highest BCUT2D eigenvalue weighted by atomic mass is 32.2. The number of nitrogens with zero attached hydrogens (tertiary/aromatic N) is 3. The molecular weight excluding hydrogens is 455 g/mol. The molecule has 0 aliphatic carbocycles. The van der Waals surface area contributed by atoms with Crippen LogP contribution in [0.3, 0.4) is 0 Å². The topological polar surface area (TPSA) is 60.9 Å². The van der Waals surface area contributed by atoms with Gasteiger partial charge in [-0.05, 0) is 62.2 Å². The second kappa shape index (κ2) is 9.24. The van der Waals surface area contributed by atoms with E-state index >= 15 is 0 Å². The van der Waals surface area contributed by atoms with Crippen LogP contribution >= 0.6 is 0 Å². The first-order valence-electron chi connectivity index (χ1n) is 10.6. The molecule has 33 heavy (non-hydrogen) atoms. The van der Waals surface area contributed by atoms with Gasteiger partial charge in [-0.25, -0.2) is 8.42 Å². The Morgan fingerprint density at radius 2 is 1.58 bits per heavy atom. The number of amides is 1. The van der Waals surface area contributed by atoms with Crippen LogP contribution in [0, 0.1) is 13.8 Å². The molecule has 0 bridgehead atoms. The van der Waals surface area contributed by atoms with Crippen molar-refractivity contribution in [3.8, 4) is 0 Å². The number of hydrogen-bond acceptors (Lipinski definition) is 4. The van der Waals surface area contributed by atoms with E-state index in [9.17, 15) is 26.4 Å². The number of benzene rings is 2. The van der Waals surface area contributed by atoms with Crippen LogP contribution in [-0.2, 0) is 21.0 Å². The van der Waals surface area contributed by atoms with Gasteiger partial charge in [0.2, 0.25) is 15.9 Å². The third-order valence-corrected chi connectivity index (χ3v) is 6.90. The minimum absolute atomic E-state index is 0.282. The number of carbonyl (C=O) groups excluding carboxylic acids is 1. The minimum Gasteiger partial charge on any atom is -0.368 e. The van der Waals surface area contributed by atoms with Gasteiger partial charge in [-0.15, -0.1) is 0 Å². The number of carbonyl (C=O) groups is 1. The molecule has 0 radical (unpaired) electrons. The molecule has 0 aromatic heterocycles. The maximum atomic E-state index is 13.2. The molecule has 1 aliphatic rings. The van der Waals surface area contributed by atoms with Gasteiger partial charge in [-0.2, -0.15) is 13.2 Å². The van der Waals surface area contributed by atoms with Crippen molar-refractivity contribution in [1.82, 2.24) is 4.90 Å². The Kier molecular flexibility index (Phi) is 6.97. The van der Waals surface area contributed by atoms with E-state index in [1.807, 2.05) is 19.9 Å². The molecule has 2 aromatic rings. The molecule has 3 rings (SSSR count). The first-order valence-corrected chi connectivity index (χ1v) is 12.4. The Morgan fingerprint density at radius 3 is 2.09 bits per heavy atom. The average Bonchev–Trinajstić information content (AvgIpc) is 2.71. The van der Waals surface area contributed by atoms with Gasteiger partial charge in [0.15, 0.2) is 0 Å². The van der Waals surface area contributed by atoms with E-state index < -0.39 is 27.8 Å². The maximum Gasteiger partial charge on any atom is 0.416 e. The largest absolute Gasteiger partial charge is 0.416 e. The van der Waals surface area contributed by atoms with Gasteiger partial charge in [-0.3, -0.25) is 9.10 Å². The van der Waals surface area contributed by atoms with Crippen molar-refractivity contribution in [2.75, 3.05) is 41.6 Å². The molecule has 1 heterocycles. The molecule has 1 fully saturated rings. The highest BCUT2D eigenvalue weighted by Crippen LogP contribution is 2.32. The summed E-state index contributed by atoms with van der Waals surface area (Å²) in [7, 11) is -3.74. The van der Waals surface area contributed by atoms with Crippen molar-refractivity contribution < 1.29 is 26.4 Å². The summed E-state index contributed by atoms with van der Waals surface area (Å²) in [5.41, 5.74) is 1.92. The normalized spacial score (nSPS) is 16.0. The van der Waals surface area contributed by atoms with Gasteiger partial charge >= 0.3 is 6.18 Å². The van der Waals surface area contributed by atoms with Crippen molar-refractivity contribution in [3.05, 3.63) is 59.2 Å². The van der Waals surface area contributed by atoms with Crippen LogP contribution in [0.2, 0.25) is 0 Å². The smallest absolute Gasteiger partial charge is 0.368 e. The minimum atomic E-state index is -4.42. The highest BCUT2D eigenvalue weighted by molar-refractivity contribution is 7.92. The number of rotatable bonds is 5. The summed E-state index contributed by atoms with van der Waals surface area (Å²) in [6.45, 7) is 6.53. The molecule has 0 saturated carbocycles. The highest BCUT2D eigenvalue weighted by Gasteiger charge is 2.34. The van der Waals surface area contributed by atoms with Crippen molar-refractivity contribution in [2.45, 2.75) is 33.0 Å². The summed E-state index contributed by atoms with van der Waals surface area (Å²) in [6, 6.07) is 9.52. The van der Waals surface area contributed by atoms with Crippen molar-refractivity contribution >= 4 is 27.3 Å². The first-order chi connectivity index (χ1) is 15.3. The van der Waals surface area contributed by atoms with Crippen LogP contribution in [0.25, 0.3) is 0 Å². The Labute approximate surface area is 192 Å². The van der Waals surface area contributed by atoms with Crippen LogP contribution in [0.15, 0.2) is 42.5 Å². The predicted molar refractivity (Wildman–Crippen MR) is 123 cm³/mol. The second-order valence-electron chi connectivity index (χ2n) is 8.44. The Bertz CT molecular complexity index is 1110. The quantitative estimate of drug-likeness (QED) is 0.649. The molecule has 1 aliphatic heterocycles. The molecule has 0 N–H and O–H groups in total. The maximum absolute atomic E-state index is 13.2. The van der Waals surface area contributed by atoms with Crippen molar-refractivity contribution in [2.24, 2.45) is 0 Å². The fourth-order valence-electron chi connectivity index (χ4n) is 4.21. The number of piperazine rings is 1. The molecule has 10 heteroatoms. The standard InChI is InChI=1S/C23H28F3N3O3S/c1-16-12-17(2)14-21(13-16)29(33(4,31)32)18(3)22(30)28-10-8-27(9-11-28)20-7-5-6-19(15-20)23(24,25)26/h5-7,12-15,18H,8-11H2,1-4H3/t18-/m0/s1. The lowest BCUT2D eigenvalue weighted by Crippen LogP contribution is -2.55.